The second-order valence-electron chi connectivity index (χ2n) is 3.33. The molecule has 0 radical (unpaired) electrons. The third-order valence-corrected chi connectivity index (χ3v) is 3.72. The summed E-state index contributed by atoms with van der Waals surface area (Å²) in [6.45, 7) is 4.15. The normalized spacial score (nSPS) is 13.7. The zero-order valence-electron chi connectivity index (χ0n) is 9.01. The molecule has 90 valence electrons. The van der Waals surface area contributed by atoms with E-state index in [1.165, 1.54) is 20.8 Å². The zero-order valence-corrected chi connectivity index (χ0v) is 9.83. The summed E-state index contributed by atoms with van der Waals surface area (Å²) in [4.78, 5) is 10.4. The van der Waals surface area contributed by atoms with Gasteiger partial charge < -0.3 is 9.63 Å². The number of aliphatic carboxylic acids is 1. The number of aromatic nitrogens is 1. The Morgan fingerprint density at radius 3 is 2.44 bits per heavy atom. The number of rotatable bonds is 4. The van der Waals surface area contributed by atoms with Gasteiger partial charge in [-0.05, 0) is 20.8 Å². The Kier molecular flexibility index (Phi) is 3.34. The molecule has 1 heterocycles. The van der Waals surface area contributed by atoms with Crippen LogP contribution in [-0.4, -0.2) is 30.7 Å². The summed E-state index contributed by atoms with van der Waals surface area (Å²) in [5, 5.41) is 12.1. The molecule has 2 N–H and O–H groups in total. The first-order chi connectivity index (χ1) is 7.25. The lowest BCUT2D eigenvalue weighted by molar-refractivity contribution is -0.138. The van der Waals surface area contributed by atoms with Gasteiger partial charge in [0, 0.05) is 0 Å². The van der Waals surface area contributed by atoms with Crippen molar-refractivity contribution in [3.8, 4) is 0 Å². The molecule has 0 bridgehead atoms. The number of sulfonamides is 1. The Morgan fingerprint density at radius 1 is 1.50 bits per heavy atom. The lowest BCUT2D eigenvalue weighted by Crippen LogP contribution is -2.38. The van der Waals surface area contributed by atoms with Gasteiger partial charge in [0.1, 0.15) is 16.6 Å². The molecule has 16 heavy (non-hydrogen) atoms. The van der Waals surface area contributed by atoms with Gasteiger partial charge in [0.15, 0.2) is 5.76 Å². The number of carboxylic acid groups (broad SMARTS) is 1. The van der Waals surface area contributed by atoms with E-state index in [0.29, 0.717) is 0 Å². The van der Waals surface area contributed by atoms with Crippen LogP contribution < -0.4 is 4.72 Å². The van der Waals surface area contributed by atoms with E-state index in [4.69, 9.17) is 9.63 Å². The number of aryl methyl sites for hydroxylation is 2. The van der Waals surface area contributed by atoms with Crippen LogP contribution in [0, 0.1) is 13.8 Å². The molecule has 0 aliphatic rings. The number of hydrogen-bond acceptors (Lipinski definition) is 5. The number of carbonyl (C=O) groups is 1. The number of nitrogens with zero attached hydrogens (tertiary/aromatic N) is 1. The van der Waals surface area contributed by atoms with Gasteiger partial charge in [-0.1, -0.05) is 5.16 Å². The molecular weight excluding hydrogens is 236 g/mol. The van der Waals surface area contributed by atoms with Gasteiger partial charge >= 0.3 is 5.97 Å². The van der Waals surface area contributed by atoms with E-state index in [2.05, 4.69) is 5.16 Å². The van der Waals surface area contributed by atoms with Crippen molar-refractivity contribution in [3.05, 3.63) is 11.5 Å². The smallest absolute Gasteiger partial charge is 0.321 e. The molecule has 0 amide bonds. The summed E-state index contributed by atoms with van der Waals surface area (Å²) in [6, 6.07) is -1.21. The number of hydrogen-bond donors (Lipinski definition) is 2. The third-order valence-electron chi connectivity index (χ3n) is 1.94. The van der Waals surface area contributed by atoms with E-state index in [0.717, 1.165) is 0 Å². The molecule has 0 unspecified atom stereocenters. The molecule has 0 saturated carbocycles. The largest absolute Gasteiger partial charge is 0.480 e. The first-order valence-corrected chi connectivity index (χ1v) is 5.92. The minimum absolute atomic E-state index is 0.111. The standard InChI is InChI=1S/C8H12N2O5S/c1-4-7(6(3)15-9-4)16(13,14)10-5(2)8(11)12/h5,10H,1-3H3,(H,11,12)/t5-/m0/s1. The van der Waals surface area contributed by atoms with E-state index in [9.17, 15) is 13.2 Å². The Labute approximate surface area is 92.5 Å². The minimum Gasteiger partial charge on any atom is -0.480 e. The first-order valence-electron chi connectivity index (χ1n) is 4.43. The highest BCUT2D eigenvalue weighted by atomic mass is 32.2. The van der Waals surface area contributed by atoms with E-state index >= 15 is 0 Å². The van der Waals surface area contributed by atoms with Gasteiger partial charge in [-0.15, -0.1) is 0 Å². The second kappa shape index (κ2) is 4.22. The highest BCUT2D eigenvalue weighted by molar-refractivity contribution is 7.89. The first kappa shape index (κ1) is 12.7. The SMILES string of the molecule is Cc1noc(C)c1S(=O)(=O)N[C@@H](C)C(=O)O. The number of nitrogens with one attached hydrogen (secondary N) is 1. The summed E-state index contributed by atoms with van der Waals surface area (Å²) in [5.41, 5.74) is 0.197. The maximum atomic E-state index is 11.8. The van der Waals surface area contributed by atoms with Crippen LogP contribution in [-0.2, 0) is 14.8 Å². The molecule has 0 aliphatic heterocycles. The van der Waals surface area contributed by atoms with Crippen molar-refractivity contribution in [2.24, 2.45) is 0 Å². The summed E-state index contributed by atoms with van der Waals surface area (Å²) in [5.74, 6) is -1.13. The van der Waals surface area contributed by atoms with Crippen LogP contribution in [0.25, 0.3) is 0 Å². The summed E-state index contributed by atoms with van der Waals surface area (Å²) in [7, 11) is -3.91. The van der Waals surface area contributed by atoms with Crippen molar-refractivity contribution in [1.29, 1.82) is 0 Å². The summed E-state index contributed by atoms with van der Waals surface area (Å²) in [6.07, 6.45) is 0. The van der Waals surface area contributed by atoms with Crippen molar-refractivity contribution in [1.82, 2.24) is 9.88 Å². The van der Waals surface area contributed by atoms with Crippen LogP contribution in [0.4, 0.5) is 0 Å². The van der Waals surface area contributed by atoms with E-state index in [1.807, 2.05) is 4.72 Å². The van der Waals surface area contributed by atoms with Crippen molar-refractivity contribution in [2.75, 3.05) is 0 Å². The molecule has 0 fully saturated rings. The van der Waals surface area contributed by atoms with Gasteiger partial charge in [-0.2, -0.15) is 4.72 Å². The average Bonchev–Trinajstić information content (AvgIpc) is 2.45. The van der Waals surface area contributed by atoms with Crippen molar-refractivity contribution in [3.63, 3.8) is 0 Å². The maximum Gasteiger partial charge on any atom is 0.321 e. The minimum atomic E-state index is -3.91. The molecule has 0 aromatic carbocycles. The maximum absolute atomic E-state index is 11.8. The van der Waals surface area contributed by atoms with E-state index in [1.54, 1.807) is 0 Å². The Morgan fingerprint density at radius 2 is 2.06 bits per heavy atom. The fourth-order valence-electron chi connectivity index (χ4n) is 1.20. The quantitative estimate of drug-likeness (QED) is 0.778. The third kappa shape index (κ3) is 2.39. The molecule has 0 saturated heterocycles. The lowest BCUT2D eigenvalue weighted by atomic mass is 10.4. The second-order valence-corrected chi connectivity index (χ2v) is 4.99. The predicted molar refractivity (Wildman–Crippen MR) is 53.4 cm³/mol. The van der Waals surface area contributed by atoms with Gasteiger partial charge in [0.2, 0.25) is 10.0 Å². The molecule has 1 rings (SSSR count). The fourth-order valence-corrected chi connectivity index (χ4v) is 2.73. The zero-order chi connectivity index (χ0) is 12.5. The average molecular weight is 248 g/mol. The van der Waals surface area contributed by atoms with Crippen molar-refractivity contribution in [2.45, 2.75) is 31.7 Å². The molecule has 0 spiro atoms. The van der Waals surface area contributed by atoms with Gasteiger partial charge in [-0.25, -0.2) is 8.42 Å². The molecular formula is C8H12N2O5S. The van der Waals surface area contributed by atoms with Gasteiger partial charge in [0.05, 0.1) is 0 Å². The topological polar surface area (TPSA) is 110 Å². The van der Waals surface area contributed by atoms with Gasteiger partial charge in [0.25, 0.3) is 0 Å². The highest BCUT2D eigenvalue weighted by Gasteiger charge is 2.27. The van der Waals surface area contributed by atoms with Crippen molar-refractivity contribution < 1.29 is 22.8 Å². The molecule has 0 aliphatic carbocycles. The van der Waals surface area contributed by atoms with Gasteiger partial charge in [-0.3, -0.25) is 4.79 Å². The van der Waals surface area contributed by atoms with Crippen molar-refractivity contribution >= 4 is 16.0 Å². The Hall–Kier alpha value is -1.41. The Balaban J connectivity index is 3.09. The summed E-state index contributed by atoms with van der Waals surface area (Å²) < 4.78 is 30.3. The van der Waals surface area contributed by atoms with E-state index in [-0.39, 0.29) is 16.3 Å². The molecule has 1 atom stereocenters. The fraction of sp³-hybridized carbons (Fsp3) is 0.500. The van der Waals surface area contributed by atoms with Crippen LogP contribution >= 0.6 is 0 Å². The van der Waals surface area contributed by atoms with Crippen LogP contribution in [0.3, 0.4) is 0 Å². The molecule has 1 aromatic heterocycles. The molecule has 8 heteroatoms. The summed E-state index contributed by atoms with van der Waals surface area (Å²) >= 11 is 0. The van der Waals surface area contributed by atoms with Crippen LogP contribution in [0.2, 0.25) is 0 Å². The van der Waals surface area contributed by atoms with E-state index < -0.39 is 22.0 Å². The van der Waals surface area contributed by atoms with Crippen LogP contribution in [0.5, 0.6) is 0 Å². The monoisotopic (exact) mass is 248 g/mol. The molecule has 1 aromatic rings. The lowest BCUT2D eigenvalue weighted by Gasteiger charge is -2.09. The van der Waals surface area contributed by atoms with Crippen LogP contribution in [0.15, 0.2) is 9.42 Å². The highest BCUT2D eigenvalue weighted by Crippen LogP contribution is 2.18. The number of carboxylic acids is 1. The Bertz CT molecular complexity index is 485. The van der Waals surface area contributed by atoms with Crippen LogP contribution in [0.1, 0.15) is 18.4 Å². The predicted octanol–water partition coefficient (Wildman–Crippen LogP) is 0.0428. The molecule has 7 nitrogen and oxygen atoms in total.